The van der Waals surface area contributed by atoms with Crippen molar-refractivity contribution in [2.24, 2.45) is 46.3 Å². The van der Waals surface area contributed by atoms with Crippen molar-refractivity contribution in [2.75, 3.05) is 59.4 Å². The third kappa shape index (κ3) is 11.1. The Bertz CT molecular complexity index is 993. The van der Waals surface area contributed by atoms with Crippen LogP contribution in [-0.2, 0) is 23.7 Å². The van der Waals surface area contributed by atoms with Gasteiger partial charge in [0.15, 0.2) is 0 Å². The molecule has 4 rings (SSSR count). The summed E-state index contributed by atoms with van der Waals surface area (Å²) in [5.74, 6) is 4.51. The third-order valence-corrected chi connectivity index (χ3v) is 12.9. The summed E-state index contributed by atoms with van der Waals surface area (Å²) in [6, 6.07) is 0. The maximum Gasteiger partial charge on any atom is 0.407 e. The first-order chi connectivity index (χ1) is 23.0. The normalized spacial score (nSPS) is 32.6. The highest BCUT2D eigenvalue weighted by atomic mass is 31.0. The van der Waals surface area contributed by atoms with Crippen molar-refractivity contribution in [1.29, 1.82) is 0 Å². The molecule has 8 nitrogen and oxygen atoms in total. The van der Waals surface area contributed by atoms with E-state index in [0.717, 1.165) is 61.2 Å². The molecule has 9 heteroatoms. The molecule has 1 amide bonds. The highest BCUT2D eigenvalue weighted by molar-refractivity contribution is 7.17. The van der Waals surface area contributed by atoms with Crippen LogP contribution in [-0.4, -0.2) is 82.5 Å². The molecule has 2 N–H and O–H groups in total. The number of alkyl carbamates (subject to hydrolysis) is 1. The summed E-state index contributed by atoms with van der Waals surface area (Å²) in [7, 11) is 2.27. The zero-order valence-corrected chi connectivity index (χ0v) is 32.2. The van der Waals surface area contributed by atoms with Crippen LogP contribution in [0.4, 0.5) is 4.79 Å². The molecular weight excluding hydrogens is 625 g/mol. The standard InChI is InChI=1S/C39H70NO7P/c1-28(2)8-6-9-29(3)33-12-13-34-32-11-10-30-26-31(14-16-38(30,4)35(32)15-17-39(33,34)5)47-37(42)40-18-7-19-43-20-21-44-22-23-45-24-25-46-27-36(41)48/h10,28-29,31-36,41H,6-9,11-27,48H2,1-5H3,(H,40,42)/t29-,31+,32?,33?,34?,35?,36?,38+,39-/m1/s1. The number of nitrogens with one attached hydrogen (secondary N) is 1. The van der Waals surface area contributed by atoms with Crippen molar-refractivity contribution in [1.82, 2.24) is 5.32 Å². The predicted octanol–water partition coefficient (Wildman–Crippen LogP) is 7.77. The number of ether oxygens (including phenoxy) is 5. The topological polar surface area (TPSA) is 95.5 Å². The molecule has 0 radical (unpaired) electrons. The monoisotopic (exact) mass is 695 g/mol. The first kappa shape index (κ1) is 40.0. The molecular formula is C39H70NO7P. The lowest BCUT2D eigenvalue weighted by molar-refractivity contribution is -0.0581. The number of amides is 1. The van der Waals surface area contributed by atoms with Crippen molar-refractivity contribution in [3.63, 3.8) is 0 Å². The minimum absolute atomic E-state index is 0.0227. The van der Waals surface area contributed by atoms with Gasteiger partial charge in [-0.25, -0.2) is 4.79 Å². The van der Waals surface area contributed by atoms with E-state index in [4.69, 9.17) is 28.8 Å². The number of aliphatic hydroxyl groups is 1. The van der Waals surface area contributed by atoms with Gasteiger partial charge in [0, 0.05) is 19.6 Å². The molecule has 0 aromatic carbocycles. The molecule has 3 fully saturated rings. The first-order valence-corrected chi connectivity index (χ1v) is 20.1. The Balaban J connectivity index is 1.09. The molecule has 0 spiro atoms. The Hall–Kier alpha value is -0.760. The summed E-state index contributed by atoms with van der Waals surface area (Å²) >= 11 is 0. The summed E-state index contributed by atoms with van der Waals surface area (Å²) in [5.41, 5.74) is 2.35. The van der Waals surface area contributed by atoms with Crippen LogP contribution in [0.2, 0.25) is 0 Å². The molecule has 6 unspecified atom stereocenters. The minimum Gasteiger partial charge on any atom is -0.446 e. The first-order valence-electron chi connectivity index (χ1n) is 19.4. The Morgan fingerprint density at radius 1 is 0.896 bits per heavy atom. The number of rotatable bonds is 21. The molecule has 0 aromatic heterocycles. The van der Waals surface area contributed by atoms with Gasteiger partial charge in [-0.15, -0.1) is 9.24 Å². The number of hydrogen-bond donors (Lipinski definition) is 2. The van der Waals surface area contributed by atoms with Crippen molar-refractivity contribution >= 4 is 15.3 Å². The summed E-state index contributed by atoms with van der Waals surface area (Å²) < 4.78 is 27.7. The number of hydrogen-bond acceptors (Lipinski definition) is 7. The van der Waals surface area contributed by atoms with Gasteiger partial charge in [-0.2, -0.15) is 0 Å². The highest BCUT2D eigenvalue weighted by Gasteiger charge is 2.59. The molecule has 3 saturated carbocycles. The van der Waals surface area contributed by atoms with Crippen molar-refractivity contribution in [2.45, 2.75) is 124 Å². The number of aliphatic hydroxyl groups excluding tert-OH is 1. The lowest BCUT2D eigenvalue weighted by Crippen LogP contribution is -2.51. The smallest absolute Gasteiger partial charge is 0.407 e. The zero-order valence-electron chi connectivity index (χ0n) is 31.0. The average molecular weight is 696 g/mol. The van der Waals surface area contributed by atoms with E-state index in [1.54, 1.807) is 5.57 Å². The molecule has 10 atom stereocenters. The Morgan fingerprint density at radius 2 is 1.58 bits per heavy atom. The molecule has 0 aliphatic heterocycles. The van der Waals surface area contributed by atoms with E-state index >= 15 is 0 Å². The predicted molar refractivity (Wildman–Crippen MR) is 195 cm³/mol. The van der Waals surface area contributed by atoms with E-state index in [1.807, 2.05) is 0 Å². The van der Waals surface area contributed by atoms with E-state index in [-0.39, 0.29) is 24.2 Å². The summed E-state index contributed by atoms with van der Waals surface area (Å²) in [6.07, 6.45) is 17.0. The van der Waals surface area contributed by atoms with Gasteiger partial charge in [-0.1, -0.05) is 65.5 Å². The van der Waals surface area contributed by atoms with Crippen LogP contribution in [0.3, 0.4) is 0 Å². The third-order valence-electron chi connectivity index (χ3n) is 12.7. The lowest BCUT2D eigenvalue weighted by Gasteiger charge is -2.58. The van der Waals surface area contributed by atoms with Crippen LogP contribution in [0.5, 0.6) is 0 Å². The van der Waals surface area contributed by atoms with Gasteiger partial charge in [0.25, 0.3) is 0 Å². The van der Waals surface area contributed by atoms with E-state index in [9.17, 15) is 4.79 Å². The maximum absolute atomic E-state index is 12.6. The van der Waals surface area contributed by atoms with E-state index in [0.29, 0.717) is 58.2 Å². The molecule has 4 aliphatic carbocycles. The van der Waals surface area contributed by atoms with Gasteiger partial charge in [-0.05, 0) is 97.7 Å². The fourth-order valence-electron chi connectivity index (χ4n) is 10.2. The summed E-state index contributed by atoms with van der Waals surface area (Å²) in [6.45, 7) is 16.8. The van der Waals surface area contributed by atoms with Crippen molar-refractivity contribution in [3.8, 4) is 0 Å². The maximum atomic E-state index is 12.6. The van der Waals surface area contributed by atoms with Crippen molar-refractivity contribution in [3.05, 3.63) is 11.6 Å². The fraction of sp³-hybridized carbons (Fsp3) is 0.923. The van der Waals surface area contributed by atoms with Gasteiger partial charge in [-0.3, -0.25) is 0 Å². The van der Waals surface area contributed by atoms with E-state index in [2.05, 4.69) is 55.3 Å². The molecule has 48 heavy (non-hydrogen) atoms. The van der Waals surface area contributed by atoms with Crippen molar-refractivity contribution < 1.29 is 33.6 Å². The van der Waals surface area contributed by atoms with Crippen LogP contribution in [0, 0.1) is 46.3 Å². The average Bonchev–Trinajstić information content (AvgIpc) is 3.40. The van der Waals surface area contributed by atoms with Crippen LogP contribution in [0.25, 0.3) is 0 Å². The Labute approximate surface area is 294 Å². The Kier molecular flexibility index (Phi) is 16.5. The number of carbonyl (C=O) groups excluding carboxylic acids is 1. The minimum atomic E-state index is -0.535. The second kappa shape index (κ2) is 19.7. The van der Waals surface area contributed by atoms with E-state index in [1.165, 1.54) is 51.4 Å². The molecule has 0 heterocycles. The second-order valence-electron chi connectivity index (χ2n) is 16.3. The van der Waals surface area contributed by atoms with Crippen LogP contribution in [0.1, 0.15) is 112 Å². The number of fused-ring (bicyclic) bond motifs is 5. The van der Waals surface area contributed by atoms with Crippen LogP contribution in [0.15, 0.2) is 11.6 Å². The van der Waals surface area contributed by atoms with Crippen LogP contribution < -0.4 is 5.32 Å². The molecule has 0 aromatic rings. The van der Waals surface area contributed by atoms with Crippen LogP contribution >= 0.6 is 9.24 Å². The largest absolute Gasteiger partial charge is 0.446 e. The highest BCUT2D eigenvalue weighted by Crippen LogP contribution is 2.67. The molecule has 0 bridgehead atoms. The SMILES string of the molecule is CC(C)CCC[C@@H](C)C1CCC2C3CC=C4C[C@@H](OC(=O)NCCCOCCOCCOCCOCC(O)P)CC[C@]4(C)C3CC[C@@]21C. The lowest BCUT2D eigenvalue weighted by atomic mass is 9.47. The van der Waals surface area contributed by atoms with Gasteiger partial charge >= 0.3 is 6.09 Å². The second-order valence-corrected chi connectivity index (χ2v) is 17.1. The summed E-state index contributed by atoms with van der Waals surface area (Å²) in [5, 5.41) is 12.0. The van der Waals surface area contributed by atoms with Gasteiger partial charge in [0.05, 0.1) is 52.1 Å². The molecule has 278 valence electrons. The quantitative estimate of drug-likeness (QED) is 0.0720. The number of carbonyl (C=O) groups is 1. The zero-order chi connectivity index (χ0) is 34.6. The van der Waals surface area contributed by atoms with Gasteiger partial charge < -0.3 is 34.1 Å². The van der Waals surface area contributed by atoms with Gasteiger partial charge in [0.1, 0.15) is 6.10 Å². The molecule has 0 saturated heterocycles. The fourth-order valence-corrected chi connectivity index (χ4v) is 10.3. The number of allylic oxidation sites excluding steroid dienone is 1. The summed E-state index contributed by atoms with van der Waals surface area (Å²) in [4.78, 5) is 12.6. The Morgan fingerprint density at radius 3 is 2.27 bits per heavy atom. The van der Waals surface area contributed by atoms with E-state index < -0.39 is 5.85 Å². The molecule has 4 aliphatic rings. The van der Waals surface area contributed by atoms with Gasteiger partial charge in [0.2, 0.25) is 0 Å².